The number of rotatable bonds is 6. The van der Waals surface area contributed by atoms with Crippen molar-refractivity contribution < 1.29 is 0 Å². The predicted molar refractivity (Wildman–Crippen MR) is 113 cm³/mol. The van der Waals surface area contributed by atoms with Crippen molar-refractivity contribution in [3.8, 4) is 0 Å². The minimum absolute atomic E-state index is 0.713. The molecule has 7 heteroatoms. The monoisotopic (exact) mass is 388 g/mol. The molecule has 148 valence electrons. The summed E-state index contributed by atoms with van der Waals surface area (Å²) < 4.78 is 1.94. The summed E-state index contributed by atoms with van der Waals surface area (Å²) in [5.41, 5.74) is 3.53. The van der Waals surface area contributed by atoms with Crippen LogP contribution in [0.4, 0.5) is 0 Å². The highest BCUT2D eigenvalue weighted by Gasteiger charge is 2.19. The maximum atomic E-state index is 4.48. The molecule has 3 rings (SSSR count). The molecule has 0 aromatic carbocycles. The third-order valence-electron chi connectivity index (χ3n) is 5.54. The Morgan fingerprint density at radius 1 is 1.30 bits per heavy atom. The Morgan fingerprint density at radius 2 is 2.07 bits per heavy atom. The number of hydrogen-bond donors (Lipinski definition) is 2. The molecule has 0 bridgehead atoms. The number of piperidine rings is 1. The molecule has 0 amide bonds. The number of aromatic nitrogens is 2. The van der Waals surface area contributed by atoms with E-state index in [2.05, 4.69) is 57.0 Å². The first-order valence-electron chi connectivity index (χ1n) is 9.75. The van der Waals surface area contributed by atoms with Crippen molar-refractivity contribution in [1.82, 2.24) is 25.3 Å². The first-order chi connectivity index (χ1) is 13.1. The Morgan fingerprint density at radius 3 is 2.67 bits per heavy atom. The van der Waals surface area contributed by atoms with Gasteiger partial charge in [-0.1, -0.05) is 6.07 Å². The molecule has 1 aliphatic heterocycles. The molecule has 0 unspecified atom stereocenters. The van der Waals surface area contributed by atoms with Crippen LogP contribution in [0.2, 0.25) is 0 Å². The van der Waals surface area contributed by atoms with Gasteiger partial charge in [0.2, 0.25) is 0 Å². The van der Waals surface area contributed by atoms with Gasteiger partial charge in [0.05, 0.1) is 5.69 Å². The highest BCUT2D eigenvalue weighted by molar-refractivity contribution is 7.09. The average molecular weight is 389 g/mol. The summed E-state index contributed by atoms with van der Waals surface area (Å²) in [6.07, 6.45) is 2.49. The van der Waals surface area contributed by atoms with E-state index in [9.17, 15) is 0 Å². The van der Waals surface area contributed by atoms with Gasteiger partial charge in [0.15, 0.2) is 5.96 Å². The van der Waals surface area contributed by atoms with Crippen molar-refractivity contribution in [1.29, 1.82) is 0 Å². The van der Waals surface area contributed by atoms with E-state index in [0.29, 0.717) is 5.92 Å². The molecule has 1 saturated heterocycles. The van der Waals surface area contributed by atoms with Crippen molar-refractivity contribution in [3.63, 3.8) is 0 Å². The summed E-state index contributed by atoms with van der Waals surface area (Å²) in [6, 6.07) is 4.38. The molecule has 2 aromatic rings. The van der Waals surface area contributed by atoms with Crippen molar-refractivity contribution in [3.05, 3.63) is 39.3 Å². The van der Waals surface area contributed by atoms with Gasteiger partial charge >= 0.3 is 0 Å². The Kier molecular flexibility index (Phi) is 6.90. The average Bonchev–Trinajstić information content (AvgIpc) is 3.26. The Hall–Kier alpha value is -1.86. The largest absolute Gasteiger partial charge is 0.356 e. The molecule has 2 N–H and O–H groups in total. The van der Waals surface area contributed by atoms with Gasteiger partial charge in [-0.15, -0.1) is 11.3 Å². The fraction of sp³-hybridized carbons (Fsp3) is 0.600. The zero-order valence-electron chi connectivity index (χ0n) is 17.0. The predicted octanol–water partition coefficient (Wildman–Crippen LogP) is 2.68. The highest BCUT2D eigenvalue weighted by Crippen LogP contribution is 2.20. The molecule has 2 aromatic heterocycles. The highest BCUT2D eigenvalue weighted by atomic mass is 32.1. The minimum atomic E-state index is 0.713. The quantitative estimate of drug-likeness (QED) is 0.590. The number of nitrogens with one attached hydrogen (secondary N) is 2. The van der Waals surface area contributed by atoms with Crippen molar-refractivity contribution in [2.24, 2.45) is 18.0 Å². The molecule has 0 saturated carbocycles. The SMILES string of the molecule is CN=C(NCc1c(C)nn(C)c1C)NCC1CCN(Cc2cccs2)CC1. The molecule has 0 aliphatic carbocycles. The zero-order chi connectivity index (χ0) is 19.2. The van der Waals surface area contributed by atoms with Gasteiger partial charge in [-0.25, -0.2) is 0 Å². The molecule has 0 atom stereocenters. The Balaban J connectivity index is 1.40. The van der Waals surface area contributed by atoms with Gasteiger partial charge in [-0.2, -0.15) is 5.10 Å². The van der Waals surface area contributed by atoms with Crippen molar-refractivity contribution in [2.45, 2.75) is 39.8 Å². The second-order valence-corrected chi connectivity index (χ2v) is 8.41. The number of thiophene rings is 1. The second kappa shape index (κ2) is 9.37. The second-order valence-electron chi connectivity index (χ2n) is 7.38. The van der Waals surface area contributed by atoms with Crippen LogP contribution in [-0.4, -0.2) is 47.3 Å². The van der Waals surface area contributed by atoms with Gasteiger partial charge in [0, 0.05) is 49.9 Å². The third kappa shape index (κ3) is 5.32. The van der Waals surface area contributed by atoms with Crippen LogP contribution in [0.3, 0.4) is 0 Å². The standard InChI is InChI=1S/C20H32N6S/c1-15-19(16(2)25(4)24-15)13-23-20(21-3)22-12-17-7-9-26(10-8-17)14-18-6-5-11-27-18/h5-6,11,17H,7-10,12-14H2,1-4H3,(H2,21,22,23). The fourth-order valence-corrected chi connectivity index (χ4v) is 4.42. The third-order valence-corrected chi connectivity index (χ3v) is 6.40. The summed E-state index contributed by atoms with van der Waals surface area (Å²) in [5.74, 6) is 1.59. The zero-order valence-corrected chi connectivity index (χ0v) is 17.8. The molecular formula is C20H32N6S. The van der Waals surface area contributed by atoms with Gasteiger partial charge in [-0.3, -0.25) is 14.6 Å². The van der Waals surface area contributed by atoms with E-state index in [-0.39, 0.29) is 0 Å². The van der Waals surface area contributed by atoms with Crippen LogP contribution in [0.25, 0.3) is 0 Å². The van der Waals surface area contributed by atoms with Crippen LogP contribution < -0.4 is 10.6 Å². The smallest absolute Gasteiger partial charge is 0.191 e. The lowest BCUT2D eigenvalue weighted by atomic mass is 9.97. The lowest BCUT2D eigenvalue weighted by Crippen LogP contribution is -2.42. The van der Waals surface area contributed by atoms with E-state index in [4.69, 9.17) is 0 Å². The fourth-order valence-electron chi connectivity index (χ4n) is 3.68. The molecule has 1 aliphatic rings. The van der Waals surface area contributed by atoms with Crippen LogP contribution >= 0.6 is 11.3 Å². The number of guanidine groups is 1. The first-order valence-corrected chi connectivity index (χ1v) is 10.6. The molecule has 1 fully saturated rings. The number of hydrogen-bond acceptors (Lipinski definition) is 4. The lowest BCUT2D eigenvalue weighted by Gasteiger charge is -2.32. The van der Waals surface area contributed by atoms with Gasteiger partial charge in [-0.05, 0) is 57.1 Å². The summed E-state index contributed by atoms with van der Waals surface area (Å²) in [7, 11) is 3.83. The van der Waals surface area contributed by atoms with Crippen LogP contribution in [0.1, 0.15) is 34.7 Å². The van der Waals surface area contributed by atoms with E-state index in [0.717, 1.165) is 31.3 Å². The number of aliphatic imine (C=N–C) groups is 1. The number of likely N-dealkylation sites (tertiary alicyclic amines) is 1. The van der Waals surface area contributed by atoms with Crippen molar-refractivity contribution in [2.75, 3.05) is 26.7 Å². The molecule has 6 nitrogen and oxygen atoms in total. The summed E-state index contributed by atoms with van der Waals surface area (Å²) in [5, 5.41) is 13.6. The summed E-state index contributed by atoms with van der Waals surface area (Å²) in [6.45, 7) is 9.38. The summed E-state index contributed by atoms with van der Waals surface area (Å²) in [4.78, 5) is 8.42. The summed E-state index contributed by atoms with van der Waals surface area (Å²) >= 11 is 1.86. The van der Waals surface area contributed by atoms with E-state index < -0.39 is 0 Å². The minimum Gasteiger partial charge on any atom is -0.356 e. The normalized spacial score (nSPS) is 16.7. The van der Waals surface area contributed by atoms with Crippen LogP contribution in [0, 0.1) is 19.8 Å². The molecule has 0 spiro atoms. The van der Waals surface area contributed by atoms with Gasteiger partial charge in [0.25, 0.3) is 0 Å². The lowest BCUT2D eigenvalue weighted by molar-refractivity contribution is 0.179. The van der Waals surface area contributed by atoms with E-state index >= 15 is 0 Å². The topological polar surface area (TPSA) is 57.5 Å². The first kappa shape index (κ1) is 19.9. The molecule has 27 heavy (non-hydrogen) atoms. The van der Waals surface area contributed by atoms with E-state index in [1.807, 2.05) is 30.1 Å². The maximum absolute atomic E-state index is 4.48. The van der Waals surface area contributed by atoms with E-state index in [1.165, 1.54) is 42.1 Å². The molecule has 3 heterocycles. The molecule has 0 radical (unpaired) electrons. The molecular weight excluding hydrogens is 356 g/mol. The van der Waals surface area contributed by atoms with Crippen LogP contribution in [0.5, 0.6) is 0 Å². The van der Waals surface area contributed by atoms with Crippen LogP contribution in [-0.2, 0) is 20.1 Å². The van der Waals surface area contributed by atoms with Gasteiger partial charge < -0.3 is 10.6 Å². The maximum Gasteiger partial charge on any atom is 0.191 e. The number of nitrogens with zero attached hydrogens (tertiary/aromatic N) is 4. The Bertz CT molecular complexity index is 741. The number of aryl methyl sites for hydroxylation is 2. The van der Waals surface area contributed by atoms with E-state index in [1.54, 1.807) is 0 Å². The van der Waals surface area contributed by atoms with Gasteiger partial charge in [0.1, 0.15) is 0 Å². The Labute approximate surface area is 166 Å². The van der Waals surface area contributed by atoms with Crippen LogP contribution in [0.15, 0.2) is 22.5 Å². The van der Waals surface area contributed by atoms with Crippen molar-refractivity contribution >= 4 is 17.3 Å².